The van der Waals surface area contributed by atoms with Crippen molar-refractivity contribution >= 4 is 32.3 Å². The van der Waals surface area contributed by atoms with E-state index in [4.69, 9.17) is 0 Å². The lowest BCUT2D eigenvalue weighted by atomic mass is 9.71. The zero-order chi connectivity index (χ0) is 25.2. The number of pyridine rings is 1. The van der Waals surface area contributed by atoms with Crippen LogP contribution in [-0.4, -0.2) is 0 Å². The van der Waals surface area contributed by atoms with Crippen LogP contribution in [0.5, 0.6) is 0 Å². The zero-order valence-corrected chi connectivity index (χ0v) is 22.7. The molecule has 0 unspecified atom stereocenters. The second-order valence-corrected chi connectivity index (χ2v) is 12.1. The molecule has 0 atom stereocenters. The molecule has 36 heavy (non-hydrogen) atoms. The molecule has 6 rings (SSSR count). The summed E-state index contributed by atoms with van der Waals surface area (Å²) in [4.78, 5) is 0. The second-order valence-electron chi connectivity index (χ2n) is 12.1. The quantitative estimate of drug-likeness (QED) is 0.178. The summed E-state index contributed by atoms with van der Waals surface area (Å²) in [5.74, 6) is 0.707. The van der Waals surface area contributed by atoms with Crippen LogP contribution in [-0.2, 0) is 7.05 Å². The van der Waals surface area contributed by atoms with Crippen LogP contribution < -0.4 is 4.57 Å². The number of fused-ring (bicyclic) bond motifs is 5. The van der Waals surface area contributed by atoms with Crippen LogP contribution in [0.3, 0.4) is 0 Å². The first-order valence-corrected chi connectivity index (χ1v) is 13.6. The maximum absolute atomic E-state index is 2.47. The Balaban J connectivity index is 1.51. The van der Waals surface area contributed by atoms with Gasteiger partial charge in [0.25, 0.3) is 0 Å². The Bertz CT molecular complexity index is 1640. The van der Waals surface area contributed by atoms with E-state index < -0.39 is 0 Å². The smallest absolute Gasteiger partial charge is 0.200 e. The molecule has 1 heterocycles. The van der Waals surface area contributed by atoms with Crippen molar-refractivity contribution in [3.63, 3.8) is 0 Å². The minimum Gasteiger partial charge on any atom is -0.200 e. The minimum atomic E-state index is 0.510. The van der Waals surface area contributed by atoms with Crippen molar-refractivity contribution < 1.29 is 4.57 Å². The molecule has 5 aromatic rings. The molecule has 182 valence electrons. The zero-order valence-electron chi connectivity index (χ0n) is 22.7. The molecule has 0 N–H and O–H groups in total. The van der Waals surface area contributed by atoms with E-state index in [1.165, 1.54) is 91.5 Å². The van der Waals surface area contributed by atoms with Crippen molar-refractivity contribution in [1.29, 1.82) is 0 Å². The van der Waals surface area contributed by atoms with Crippen LogP contribution >= 0.6 is 0 Å². The van der Waals surface area contributed by atoms with Crippen molar-refractivity contribution in [3.05, 3.63) is 89.1 Å². The first kappa shape index (κ1) is 23.2. The second kappa shape index (κ2) is 8.44. The first-order valence-electron chi connectivity index (χ1n) is 13.6. The number of aryl methyl sites for hydroxylation is 3. The highest BCUT2D eigenvalue weighted by Gasteiger charge is 2.27. The van der Waals surface area contributed by atoms with Crippen LogP contribution in [0.1, 0.15) is 67.7 Å². The van der Waals surface area contributed by atoms with Gasteiger partial charge in [-0.15, -0.1) is 0 Å². The molecule has 1 aliphatic carbocycles. The summed E-state index contributed by atoms with van der Waals surface area (Å²) >= 11 is 0. The van der Waals surface area contributed by atoms with Crippen molar-refractivity contribution in [2.24, 2.45) is 12.5 Å². The van der Waals surface area contributed by atoms with Gasteiger partial charge in [0.1, 0.15) is 7.05 Å². The van der Waals surface area contributed by atoms with E-state index in [2.05, 4.69) is 113 Å². The minimum absolute atomic E-state index is 0.510. The van der Waals surface area contributed by atoms with Gasteiger partial charge in [-0.3, -0.25) is 0 Å². The highest BCUT2D eigenvalue weighted by atomic mass is 14.9. The van der Waals surface area contributed by atoms with E-state index in [0.717, 1.165) is 0 Å². The van der Waals surface area contributed by atoms with Crippen LogP contribution in [0, 0.1) is 26.2 Å². The fourth-order valence-electron chi connectivity index (χ4n) is 6.63. The maximum Gasteiger partial charge on any atom is 0.220 e. The van der Waals surface area contributed by atoms with Gasteiger partial charge in [0, 0.05) is 11.5 Å². The molecule has 4 aromatic carbocycles. The lowest BCUT2D eigenvalue weighted by Gasteiger charge is -2.34. The summed E-state index contributed by atoms with van der Waals surface area (Å²) < 4.78 is 2.29. The highest BCUT2D eigenvalue weighted by Crippen LogP contribution is 2.43. The molecule has 1 saturated carbocycles. The molecule has 0 aliphatic heterocycles. The number of aromatic nitrogens is 1. The molecule has 1 aliphatic rings. The third-order valence-corrected chi connectivity index (χ3v) is 9.03. The molecular formula is C35H38N+. The first-order chi connectivity index (χ1) is 17.2. The normalized spacial score (nSPS) is 16.3. The van der Waals surface area contributed by atoms with E-state index in [-0.39, 0.29) is 0 Å². The van der Waals surface area contributed by atoms with Gasteiger partial charge in [0.15, 0.2) is 6.20 Å². The summed E-state index contributed by atoms with van der Waals surface area (Å²) in [5.41, 5.74) is 8.70. The molecule has 1 heteroatoms. The summed E-state index contributed by atoms with van der Waals surface area (Å²) in [6.45, 7) is 11.5. The van der Waals surface area contributed by atoms with E-state index >= 15 is 0 Å². The van der Waals surface area contributed by atoms with Crippen LogP contribution in [0.2, 0.25) is 0 Å². The Morgan fingerprint density at radius 3 is 2.14 bits per heavy atom. The fraction of sp³-hybridized carbons (Fsp3) is 0.343. The van der Waals surface area contributed by atoms with E-state index in [1.807, 2.05) is 0 Å². The molecule has 1 fully saturated rings. The van der Waals surface area contributed by atoms with Gasteiger partial charge in [0.2, 0.25) is 5.69 Å². The van der Waals surface area contributed by atoms with E-state index in [0.29, 0.717) is 11.3 Å². The predicted octanol–water partition coefficient (Wildman–Crippen LogP) is 9.25. The van der Waals surface area contributed by atoms with Crippen LogP contribution in [0.25, 0.3) is 43.6 Å². The maximum atomic E-state index is 2.47. The Hall–Kier alpha value is -3.19. The fourth-order valence-corrected chi connectivity index (χ4v) is 6.63. The molecule has 1 aromatic heterocycles. The number of hydrogen-bond acceptors (Lipinski definition) is 0. The average Bonchev–Trinajstić information content (AvgIpc) is 2.85. The Labute approximate surface area is 215 Å². The number of benzene rings is 4. The van der Waals surface area contributed by atoms with Gasteiger partial charge in [-0.1, -0.05) is 61.9 Å². The summed E-state index contributed by atoms with van der Waals surface area (Å²) in [6.07, 6.45) is 7.52. The molecule has 0 amide bonds. The number of rotatable bonds is 2. The molecule has 0 saturated heterocycles. The van der Waals surface area contributed by atoms with Crippen LogP contribution in [0.4, 0.5) is 0 Å². The van der Waals surface area contributed by atoms with E-state index in [1.54, 1.807) is 0 Å². The lowest BCUT2D eigenvalue weighted by Crippen LogP contribution is -2.30. The molecule has 1 nitrogen and oxygen atoms in total. The van der Waals surface area contributed by atoms with Crippen molar-refractivity contribution in [3.8, 4) is 11.3 Å². The number of nitrogens with zero attached hydrogens (tertiary/aromatic N) is 1. The van der Waals surface area contributed by atoms with Gasteiger partial charge < -0.3 is 0 Å². The average molecular weight is 473 g/mol. The predicted molar refractivity (Wildman–Crippen MR) is 155 cm³/mol. The highest BCUT2D eigenvalue weighted by molar-refractivity contribution is 6.18. The molecule has 0 bridgehead atoms. The van der Waals surface area contributed by atoms with Crippen molar-refractivity contribution in [2.75, 3.05) is 0 Å². The third kappa shape index (κ3) is 3.81. The monoisotopic (exact) mass is 472 g/mol. The topological polar surface area (TPSA) is 3.88 Å². The third-order valence-electron chi connectivity index (χ3n) is 9.03. The van der Waals surface area contributed by atoms with Gasteiger partial charge in [-0.2, -0.15) is 0 Å². The summed E-state index contributed by atoms with van der Waals surface area (Å²) in [6, 6.07) is 23.6. The van der Waals surface area contributed by atoms with Gasteiger partial charge >= 0.3 is 0 Å². The van der Waals surface area contributed by atoms with Gasteiger partial charge in [-0.25, -0.2) is 4.57 Å². The standard InChI is InChI=1S/C35H38N/c1-22-19-23(2)24(3)33(20-22)34-32-12-11-29-28-9-7-26(25-13-16-35(4,5)17-14-25)21-27(28)8-10-30(29)31(32)15-18-36(34)6/h7-12,15,18-21,25H,13-14,16-17H2,1-6H3/q+1. The lowest BCUT2D eigenvalue weighted by molar-refractivity contribution is -0.659. The molecule has 0 spiro atoms. The van der Waals surface area contributed by atoms with Crippen molar-refractivity contribution in [1.82, 2.24) is 0 Å². The number of hydrogen-bond donors (Lipinski definition) is 0. The SMILES string of the molecule is Cc1cc(C)c(C)c(-c2c3ccc4c5ccc(C6CCC(C)(C)CC6)cc5ccc4c3cc[n+]2C)c1. The Morgan fingerprint density at radius 2 is 1.36 bits per heavy atom. The molecule has 0 radical (unpaired) electrons. The Kier molecular flexibility index (Phi) is 5.45. The van der Waals surface area contributed by atoms with Gasteiger partial charge in [-0.05, 0) is 108 Å². The van der Waals surface area contributed by atoms with Crippen molar-refractivity contribution in [2.45, 2.75) is 66.2 Å². The summed E-state index contributed by atoms with van der Waals surface area (Å²) in [5, 5.41) is 8.09. The Morgan fingerprint density at radius 1 is 0.722 bits per heavy atom. The molecular weight excluding hydrogens is 434 g/mol. The summed E-state index contributed by atoms with van der Waals surface area (Å²) in [7, 11) is 2.17. The largest absolute Gasteiger partial charge is 0.220 e. The van der Waals surface area contributed by atoms with E-state index in [9.17, 15) is 0 Å². The van der Waals surface area contributed by atoms with Crippen LogP contribution in [0.15, 0.2) is 66.9 Å². The van der Waals surface area contributed by atoms with Gasteiger partial charge in [0.05, 0.1) is 10.9 Å².